The number of amides is 2. The predicted molar refractivity (Wildman–Crippen MR) is 69.8 cm³/mol. The number of carbonyl (C=O) groups is 2. The van der Waals surface area contributed by atoms with Crippen LogP contribution in [0.2, 0.25) is 0 Å². The van der Waals surface area contributed by atoms with E-state index in [0.717, 1.165) is 0 Å². The summed E-state index contributed by atoms with van der Waals surface area (Å²) in [7, 11) is 1.50. The highest BCUT2D eigenvalue weighted by Gasteiger charge is 2.07. The number of nitrogens with one attached hydrogen (secondary N) is 1. The van der Waals surface area contributed by atoms with E-state index in [1.165, 1.54) is 13.2 Å². The maximum atomic E-state index is 11.7. The topological polar surface area (TPSA) is 117 Å². The zero-order valence-corrected chi connectivity index (χ0v) is 10.6. The van der Waals surface area contributed by atoms with Gasteiger partial charge in [0.25, 0.3) is 5.91 Å². The van der Waals surface area contributed by atoms with E-state index >= 15 is 0 Å². The van der Waals surface area contributed by atoms with Gasteiger partial charge >= 0.3 is 0 Å². The second-order valence-electron chi connectivity index (χ2n) is 3.73. The molecule has 0 fully saturated rings. The predicted octanol–water partition coefficient (Wildman–Crippen LogP) is -0.491. The molecular formula is C12H17N3O4. The zero-order valence-electron chi connectivity index (χ0n) is 10.6. The van der Waals surface area contributed by atoms with Crippen LogP contribution in [0.1, 0.15) is 10.4 Å². The molecule has 7 heteroatoms. The van der Waals surface area contributed by atoms with Crippen LogP contribution in [0.3, 0.4) is 0 Å². The molecule has 0 spiro atoms. The number of ether oxygens (including phenoxy) is 2. The lowest BCUT2D eigenvalue weighted by atomic mass is 10.2. The molecule has 0 radical (unpaired) electrons. The Labute approximate surface area is 110 Å². The van der Waals surface area contributed by atoms with E-state index in [1.807, 2.05) is 0 Å². The van der Waals surface area contributed by atoms with Gasteiger partial charge in [-0.15, -0.1) is 0 Å². The Hall–Kier alpha value is -2.28. The minimum absolute atomic E-state index is 0.161. The maximum absolute atomic E-state index is 11.7. The normalized spacial score (nSPS) is 9.95. The van der Waals surface area contributed by atoms with Gasteiger partial charge in [-0.3, -0.25) is 9.59 Å². The van der Waals surface area contributed by atoms with Gasteiger partial charge < -0.3 is 26.3 Å². The molecule has 1 aromatic rings. The summed E-state index contributed by atoms with van der Waals surface area (Å²) >= 11 is 0. The number of hydrogen-bond acceptors (Lipinski definition) is 5. The van der Waals surface area contributed by atoms with Crippen molar-refractivity contribution in [3.05, 3.63) is 23.8 Å². The summed E-state index contributed by atoms with van der Waals surface area (Å²) < 4.78 is 9.90. The molecule has 0 aromatic heterocycles. The van der Waals surface area contributed by atoms with E-state index in [2.05, 4.69) is 5.32 Å². The Balaban J connectivity index is 2.41. The number of benzene rings is 1. The van der Waals surface area contributed by atoms with E-state index in [9.17, 15) is 9.59 Å². The maximum Gasteiger partial charge on any atom is 0.251 e. The van der Waals surface area contributed by atoms with E-state index in [1.54, 1.807) is 12.1 Å². The highest BCUT2D eigenvalue weighted by Crippen LogP contribution is 2.21. The number of primary amides is 1. The van der Waals surface area contributed by atoms with Crippen LogP contribution in [0.4, 0.5) is 5.69 Å². The first-order valence-corrected chi connectivity index (χ1v) is 5.62. The second kappa shape index (κ2) is 7.22. The summed E-state index contributed by atoms with van der Waals surface area (Å²) in [5.41, 5.74) is 11.4. The quantitative estimate of drug-likeness (QED) is 0.455. The van der Waals surface area contributed by atoms with Crippen LogP contribution in [-0.2, 0) is 9.53 Å². The van der Waals surface area contributed by atoms with E-state index in [0.29, 0.717) is 17.0 Å². The molecule has 19 heavy (non-hydrogen) atoms. The van der Waals surface area contributed by atoms with Crippen molar-refractivity contribution in [2.24, 2.45) is 5.73 Å². The van der Waals surface area contributed by atoms with Gasteiger partial charge in [0.2, 0.25) is 5.91 Å². The Bertz CT molecular complexity index is 462. The minimum atomic E-state index is -0.547. The smallest absolute Gasteiger partial charge is 0.251 e. The van der Waals surface area contributed by atoms with Gasteiger partial charge in [0, 0.05) is 12.1 Å². The second-order valence-corrected chi connectivity index (χ2v) is 3.73. The summed E-state index contributed by atoms with van der Waals surface area (Å²) in [6.45, 7) is 0.323. The molecule has 5 N–H and O–H groups in total. The molecule has 7 nitrogen and oxygen atoms in total. The van der Waals surface area contributed by atoms with Crippen LogP contribution >= 0.6 is 0 Å². The SMILES string of the molecule is COc1ccc(C(=O)NCCOCC(N)=O)cc1N. The van der Waals surface area contributed by atoms with Gasteiger partial charge in [-0.2, -0.15) is 0 Å². The number of carbonyl (C=O) groups excluding carboxylic acids is 2. The summed E-state index contributed by atoms with van der Waals surface area (Å²) in [6, 6.07) is 4.75. The molecule has 0 saturated carbocycles. The van der Waals surface area contributed by atoms with E-state index in [-0.39, 0.29) is 25.7 Å². The van der Waals surface area contributed by atoms with Gasteiger partial charge in [-0.1, -0.05) is 0 Å². The lowest BCUT2D eigenvalue weighted by Crippen LogP contribution is -2.28. The van der Waals surface area contributed by atoms with Gasteiger partial charge in [-0.05, 0) is 18.2 Å². The molecular weight excluding hydrogens is 250 g/mol. The van der Waals surface area contributed by atoms with Crippen molar-refractivity contribution in [1.29, 1.82) is 0 Å². The van der Waals surface area contributed by atoms with Crippen LogP contribution in [-0.4, -0.2) is 38.7 Å². The largest absolute Gasteiger partial charge is 0.495 e. The number of rotatable bonds is 7. The lowest BCUT2D eigenvalue weighted by molar-refractivity contribution is -0.122. The molecule has 0 aliphatic rings. The molecule has 2 amide bonds. The number of nitrogen functional groups attached to an aromatic ring is 1. The fourth-order valence-electron chi connectivity index (χ4n) is 1.39. The monoisotopic (exact) mass is 267 g/mol. The van der Waals surface area contributed by atoms with Crippen LogP contribution in [0.25, 0.3) is 0 Å². The number of hydrogen-bond donors (Lipinski definition) is 3. The first-order valence-electron chi connectivity index (χ1n) is 5.62. The third-order valence-electron chi connectivity index (χ3n) is 2.27. The number of nitrogens with two attached hydrogens (primary N) is 2. The molecule has 0 unspecified atom stereocenters. The molecule has 104 valence electrons. The van der Waals surface area contributed by atoms with Crippen molar-refractivity contribution in [1.82, 2.24) is 5.32 Å². The van der Waals surface area contributed by atoms with Crippen molar-refractivity contribution in [2.75, 3.05) is 32.6 Å². The number of methoxy groups -OCH3 is 1. The van der Waals surface area contributed by atoms with Crippen molar-refractivity contribution in [2.45, 2.75) is 0 Å². The van der Waals surface area contributed by atoms with Gasteiger partial charge in [0.15, 0.2) is 0 Å². The summed E-state index contributed by atoms with van der Waals surface area (Å²) in [4.78, 5) is 22.1. The third kappa shape index (κ3) is 4.84. The van der Waals surface area contributed by atoms with Crippen LogP contribution in [0, 0.1) is 0 Å². The molecule has 0 bridgehead atoms. The van der Waals surface area contributed by atoms with Gasteiger partial charge in [-0.25, -0.2) is 0 Å². The molecule has 0 heterocycles. The van der Waals surface area contributed by atoms with Crippen LogP contribution in [0.5, 0.6) is 5.75 Å². The Kier molecular flexibility index (Phi) is 5.62. The molecule has 0 saturated heterocycles. The molecule has 1 aromatic carbocycles. The molecule has 0 aliphatic carbocycles. The van der Waals surface area contributed by atoms with Crippen molar-refractivity contribution in [3.8, 4) is 5.75 Å². The fourth-order valence-corrected chi connectivity index (χ4v) is 1.39. The zero-order chi connectivity index (χ0) is 14.3. The first-order chi connectivity index (χ1) is 9.04. The van der Waals surface area contributed by atoms with Crippen LogP contribution in [0.15, 0.2) is 18.2 Å². The fraction of sp³-hybridized carbons (Fsp3) is 0.333. The third-order valence-corrected chi connectivity index (χ3v) is 2.27. The first kappa shape index (κ1) is 14.8. The average Bonchev–Trinajstić information content (AvgIpc) is 2.37. The molecule has 0 aliphatic heterocycles. The van der Waals surface area contributed by atoms with Crippen molar-refractivity contribution < 1.29 is 19.1 Å². The van der Waals surface area contributed by atoms with Gasteiger partial charge in [0.1, 0.15) is 12.4 Å². The van der Waals surface area contributed by atoms with Crippen LogP contribution < -0.4 is 21.5 Å². The van der Waals surface area contributed by atoms with E-state index < -0.39 is 5.91 Å². The average molecular weight is 267 g/mol. The molecule has 0 atom stereocenters. The standard InChI is InChI=1S/C12H17N3O4/c1-18-10-3-2-8(6-9(10)13)12(17)15-4-5-19-7-11(14)16/h2-3,6H,4-5,7,13H2,1H3,(H2,14,16)(H,15,17). The highest BCUT2D eigenvalue weighted by molar-refractivity contribution is 5.95. The highest BCUT2D eigenvalue weighted by atomic mass is 16.5. The van der Waals surface area contributed by atoms with Gasteiger partial charge in [0.05, 0.1) is 19.4 Å². The summed E-state index contributed by atoms with van der Waals surface area (Å²) in [6.07, 6.45) is 0. The van der Waals surface area contributed by atoms with Crippen molar-refractivity contribution in [3.63, 3.8) is 0 Å². The Morgan fingerprint density at radius 2 is 2.11 bits per heavy atom. The number of anilines is 1. The summed E-state index contributed by atoms with van der Waals surface area (Å²) in [5, 5.41) is 2.62. The van der Waals surface area contributed by atoms with E-state index in [4.69, 9.17) is 20.9 Å². The minimum Gasteiger partial charge on any atom is -0.495 e. The Morgan fingerprint density at radius 1 is 1.37 bits per heavy atom. The van der Waals surface area contributed by atoms with Crippen molar-refractivity contribution >= 4 is 17.5 Å². The molecule has 1 rings (SSSR count). The summed E-state index contributed by atoms with van der Waals surface area (Å²) in [5.74, 6) is -0.312. The Morgan fingerprint density at radius 3 is 2.68 bits per heavy atom. The lowest BCUT2D eigenvalue weighted by Gasteiger charge is -2.08.